The quantitative estimate of drug-likeness (QED) is 0.647. The molecule has 0 saturated heterocycles. The van der Waals surface area contributed by atoms with Crippen molar-refractivity contribution < 1.29 is 29.3 Å². The molecule has 0 saturated carbocycles. The van der Waals surface area contributed by atoms with Crippen molar-refractivity contribution in [3.05, 3.63) is 38.4 Å². The number of aliphatic imine (C=N–C) groups is 1. The number of nitrogens with zero attached hydrogens (tertiary/aromatic N) is 1. The molecule has 0 fully saturated rings. The Balaban J connectivity index is 2.55. The van der Waals surface area contributed by atoms with E-state index in [0.717, 1.165) is 11.8 Å². The summed E-state index contributed by atoms with van der Waals surface area (Å²) in [5.41, 5.74) is 0.446. The molecule has 1 amide bonds. The highest BCUT2D eigenvalue weighted by atomic mass is 79.9. The second kappa shape index (κ2) is 9.09. The van der Waals surface area contributed by atoms with Crippen LogP contribution in [0.5, 0.6) is 11.5 Å². The zero-order valence-electron chi connectivity index (χ0n) is 14.9. The van der Waals surface area contributed by atoms with Crippen LogP contribution in [-0.4, -0.2) is 40.8 Å². The third kappa shape index (κ3) is 4.72. The van der Waals surface area contributed by atoms with Crippen LogP contribution in [0.15, 0.2) is 37.8 Å². The first kappa shape index (κ1) is 21.0. The first-order chi connectivity index (χ1) is 12.8. The van der Waals surface area contributed by atoms with E-state index in [4.69, 9.17) is 9.47 Å². The van der Waals surface area contributed by atoms with Crippen molar-refractivity contribution in [3.8, 4) is 11.5 Å². The molecule has 2 rings (SSSR count). The largest absolute Gasteiger partial charge is 0.506 e. The molecule has 144 valence electrons. The van der Waals surface area contributed by atoms with E-state index >= 15 is 0 Å². The molecule has 0 spiro atoms. The van der Waals surface area contributed by atoms with Crippen molar-refractivity contribution in [3.63, 3.8) is 0 Å². The van der Waals surface area contributed by atoms with Crippen LogP contribution in [-0.2, 0) is 14.3 Å². The standard InChI is InChI=1S/C18H18BrNO6S/c1-4-14(22)20-17-15(18(24)26-5-2)16(23)13(27-17)7-9-6-12(25-3)11(21)8-10(9)19/h6-8,21,23H,4-5H2,1-3H3/b13-7-,20-17?. The monoisotopic (exact) mass is 455 g/mol. The van der Waals surface area contributed by atoms with Gasteiger partial charge in [0.1, 0.15) is 16.4 Å². The van der Waals surface area contributed by atoms with Gasteiger partial charge in [0.05, 0.1) is 18.6 Å². The van der Waals surface area contributed by atoms with Gasteiger partial charge in [-0.15, -0.1) is 0 Å². The van der Waals surface area contributed by atoms with E-state index in [0.29, 0.717) is 14.9 Å². The summed E-state index contributed by atoms with van der Waals surface area (Å²) in [5, 5.41) is 20.4. The van der Waals surface area contributed by atoms with Crippen molar-refractivity contribution in [2.75, 3.05) is 13.7 Å². The van der Waals surface area contributed by atoms with Gasteiger partial charge in [0.2, 0.25) is 5.91 Å². The predicted molar refractivity (Wildman–Crippen MR) is 107 cm³/mol. The summed E-state index contributed by atoms with van der Waals surface area (Å²) in [7, 11) is 1.42. The summed E-state index contributed by atoms with van der Waals surface area (Å²) in [6.07, 6.45) is 1.75. The Labute approximate surface area is 168 Å². The normalized spacial score (nSPS) is 16.9. The molecule has 27 heavy (non-hydrogen) atoms. The van der Waals surface area contributed by atoms with Crippen LogP contribution >= 0.6 is 27.7 Å². The highest BCUT2D eigenvalue weighted by Crippen LogP contribution is 2.41. The number of carbonyl (C=O) groups excluding carboxylic acids is 2. The average Bonchev–Trinajstić information content (AvgIpc) is 2.92. The lowest BCUT2D eigenvalue weighted by atomic mass is 10.1. The predicted octanol–water partition coefficient (Wildman–Crippen LogP) is 3.96. The van der Waals surface area contributed by atoms with E-state index in [1.165, 1.54) is 13.2 Å². The molecule has 2 N–H and O–H groups in total. The second-order valence-electron chi connectivity index (χ2n) is 5.26. The molecule has 0 atom stereocenters. The highest BCUT2D eigenvalue weighted by Gasteiger charge is 2.33. The van der Waals surface area contributed by atoms with Gasteiger partial charge in [-0.1, -0.05) is 34.6 Å². The third-order valence-corrected chi connectivity index (χ3v) is 5.19. The van der Waals surface area contributed by atoms with Gasteiger partial charge < -0.3 is 19.7 Å². The number of esters is 1. The Morgan fingerprint density at radius 3 is 2.59 bits per heavy atom. The summed E-state index contributed by atoms with van der Waals surface area (Å²) in [6, 6.07) is 3.02. The number of aliphatic hydroxyl groups excluding tert-OH is 1. The fourth-order valence-corrected chi connectivity index (χ4v) is 3.63. The van der Waals surface area contributed by atoms with Crippen LogP contribution in [0.25, 0.3) is 6.08 Å². The molecule has 7 nitrogen and oxygen atoms in total. The fourth-order valence-electron chi connectivity index (χ4n) is 2.16. The second-order valence-corrected chi connectivity index (χ2v) is 7.15. The Morgan fingerprint density at radius 1 is 1.30 bits per heavy atom. The molecule has 0 aliphatic carbocycles. The number of carbonyl (C=O) groups is 2. The summed E-state index contributed by atoms with van der Waals surface area (Å²) in [4.78, 5) is 28.1. The Bertz CT molecular complexity index is 875. The van der Waals surface area contributed by atoms with Gasteiger partial charge >= 0.3 is 5.97 Å². The van der Waals surface area contributed by atoms with Crippen LogP contribution in [0.4, 0.5) is 0 Å². The number of aliphatic hydroxyl groups is 1. The SMILES string of the molecule is CCOC(=O)C1=C(O)/C(=C/c2cc(OC)c(O)cc2Br)SC1=NC(=O)CC. The van der Waals surface area contributed by atoms with E-state index in [1.807, 2.05) is 0 Å². The molecule has 1 aliphatic rings. The first-order valence-corrected chi connectivity index (χ1v) is 9.61. The molecule has 0 unspecified atom stereocenters. The third-order valence-electron chi connectivity index (χ3n) is 3.48. The highest BCUT2D eigenvalue weighted by molar-refractivity contribution is 9.10. The van der Waals surface area contributed by atoms with Gasteiger partial charge in [-0.25, -0.2) is 9.79 Å². The molecular weight excluding hydrogens is 438 g/mol. The van der Waals surface area contributed by atoms with Crippen molar-refractivity contribution in [2.45, 2.75) is 20.3 Å². The lowest BCUT2D eigenvalue weighted by molar-refractivity contribution is -0.138. The van der Waals surface area contributed by atoms with Gasteiger partial charge in [-0.2, -0.15) is 0 Å². The number of methoxy groups -OCH3 is 1. The number of phenols is 1. The van der Waals surface area contributed by atoms with Crippen molar-refractivity contribution in [1.29, 1.82) is 0 Å². The number of amides is 1. The average molecular weight is 456 g/mol. The van der Waals surface area contributed by atoms with Crippen LogP contribution < -0.4 is 4.74 Å². The number of hydrogen-bond acceptors (Lipinski definition) is 7. The van der Waals surface area contributed by atoms with E-state index in [9.17, 15) is 19.8 Å². The zero-order chi connectivity index (χ0) is 20.1. The summed E-state index contributed by atoms with van der Waals surface area (Å²) >= 11 is 4.32. The fraction of sp³-hybridized carbons (Fsp3) is 0.278. The topological polar surface area (TPSA) is 105 Å². The molecule has 1 aliphatic heterocycles. The maximum atomic E-state index is 12.2. The zero-order valence-corrected chi connectivity index (χ0v) is 17.3. The van der Waals surface area contributed by atoms with E-state index in [2.05, 4.69) is 20.9 Å². The number of hydrogen-bond donors (Lipinski definition) is 2. The molecule has 0 aromatic heterocycles. The Kier molecular flexibility index (Phi) is 7.09. The van der Waals surface area contributed by atoms with Crippen LogP contribution in [0.2, 0.25) is 0 Å². The molecule has 1 heterocycles. The van der Waals surface area contributed by atoms with Gasteiger partial charge in [0, 0.05) is 10.9 Å². The van der Waals surface area contributed by atoms with Gasteiger partial charge in [0.15, 0.2) is 11.5 Å². The summed E-state index contributed by atoms with van der Waals surface area (Å²) < 4.78 is 10.6. The van der Waals surface area contributed by atoms with E-state index in [1.54, 1.807) is 26.0 Å². The molecular formula is C18H18BrNO6S. The summed E-state index contributed by atoms with van der Waals surface area (Å²) in [6.45, 7) is 3.41. The molecule has 9 heteroatoms. The molecule has 0 radical (unpaired) electrons. The number of halogens is 1. The number of aromatic hydroxyl groups is 1. The van der Waals surface area contributed by atoms with Crippen molar-refractivity contribution >= 4 is 50.7 Å². The maximum absolute atomic E-state index is 12.2. The number of phenolic OH excluding ortho intramolecular Hbond substituents is 1. The van der Waals surface area contributed by atoms with Crippen LogP contribution in [0.1, 0.15) is 25.8 Å². The summed E-state index contributed by atoms with van der Waals surface area (Å²) in [5.74, 6) is -1.29. The molecule has 0 bridgehead atoms. The first-order valence-electron chi connectivity index (χ1n) is 8.00. The van der Waals surface area contributed by atoms with E-state index < -0.39 is 11.9 Å². The Morgan fingerprint density at radius 2 is 2.00 bits per heavy atom. The number of rotatable bonds is 5. The lowest BCUT2D eigenvalue weighted by Crippen LogP contribution is -2.14. The minimum absolute atomic E-state index is 0.0478. The number of benzene rings is 1. The molecule has 1 aromatic rings. The maximum Gasteiger partial charge on any atom is 0.344 e. The van der Waals surface area contributed by atoms with Gasteiger partial charge in [-0.3, -0.25) is 4.79 Å². The minimum Gasteiger partial charge on any atom is -0.506 e. The van der Waals surface area contributed by atoms with Crippen molar-refractivity contribution in [1.82, 2.24) is 0 Å². The number of thioether (sulfide) groups is 1. The lowest BCUT2D eigenvalue weighted by Gasteiger charge is -2.07. The molecule has 1 aromatic carbocycles. The Hall–Kier alpha value is -2.26. The van der Waals surface area contributed by atoms with Crippen LogP contribution in [0.3, 0.4) is 0 Å². The van der Waals surface area contributed by atoms with Gasteiger partial charge in [-0.05, 0) is 30.7 Å². The van der Waals surface area contributed by atoms with Crippen molar-refractivity contribution in [2.24, 2.45) is 4.99 Å². The van der Waals surface area contributed by atoms with E-state index in [-0.39, 0.29) is 40.9 Å². The minimum atomic E-state index is -0.754. The smallest absolute Gasteiger partial charge is 0.344 e. The van der Waals surface area contributed by atoms with Crippen LogP contribution in [0, 0.1) is 0 Å². The van der Waals surface area contributed by atoms with Gasteiger partial charge in [0.25, 0.3) is 0 Å². The number of ether oxygens (including phenoxy) is 2.